The third-order valence-electron chi connectivity index (χ3n) is 7.52. The first-order valence-electron chi connectivity index (χ1n) is 11.5. The lowest BCUT2D eigenvalue weighted by molar-refractivity contribution is -0.142. The number of fused-ring (bicyclic) bond motifs is 2. The highest BCUT2D eigenvalue weighted by Crippen LogP contribution is 2.47. The molecule has 0 N–H and O–H groups in total. The Morgan fingerprint density at radius 1 is 1.06 bits per heavy atom. The molecule has 1 aliphatic carbocycles. The monoisotopic (exact) mass is 454 g/mol. The maximum Gasteiger partial charge on any atom is 0.272 e. The second kappa shape index (κ2) is 7.55. The van der Waals surface area contributed by atoms with Gasteiger partial charge in [0, 0.05) is 43.3 Å². The summed E-state index contributed by atoms with van der Waals surface area (Å²) in [4.78, 5) is 38.6. The zero-order valence-electron chi connectivity index (χ0n) is 18.1. The summed E-state index contributed by atoms with van der Waals surface area (Å²) in [5.41, 5.74) is 1.84. The van der Waals surface area contributed by atoms with Gasteiger partial charge in [0.05, 0.1) is 6.04 Å². The van der Waals surface area contributed by atoms with Crippen LogP contribution < -0.4 is 0 Å². The minimum atomic E-state index is -0.987. The highest BCUT2D eigenvalue weighted by Gasteiger charge is 2.58. The third kappa shape index (κ3) is 3.24. The number of benzene rings is 1. The first-order chi connectivity index (χ1) is 15.9. The van der Waals surface area contributed by atoms with Crippen LogP contribution in [-0.4, -0.2) is 56.5 Å². The van der Waals surface area contributed by atoms with Gasteiger partial charge in [-0.2, -0.15) is 0 Å². The lowest BCUT2D eigenvalue weighted by Crippen LogP contribution is -2.52. The highest BCUT2D eigenvalue weighted by molar-refractivity contribution is 5.94. The number of piperidine rings is 1. The van der Waals surface area contributed by atoms with Crippen molar-refractivity contribution in [3.63, 3.8) is 0 Å². The summed E-state index contributed by atoms with van der Waals surface area (Å²) in [7, 11) is 0. The van der Waals surface area contributed by atoms with Crippen molar-refractivity contribution in [3.8, 4) is 0 Å². The SMILES string of the molecule is O=C(c1ncnc2c1CCC2)N1CCC2(CC1)OC1CC[C@@H](c3cc(F)cc(F)c3)N1C2=O. The van der Waals surface area contributed by atoms with E-state index in [2.05, 4.69) is 9.97 Å². The van der Waals surface area contributed by atoms with E-state index in [4.69, 9.17) is 4.74 Å². The normalized spacial score (nSPS) is 25.6. The second-order valence-electron chi connectivity index (χ2n) is 9.37. The molecule has 3 saturated heterocycles. The van der Waals surface area contributed by atoms with Crippen LogP contribution in [0.15, 0.2) is 24.5 Å². The van der Waals surface area contributed by atoms with E-state index in [-0.39, 0.29) is 11.8 Å². The van der Waals surface area contributed by atoms with Crippen LogP contribution in [-0.2, 0) is 22.4 Å². The van der Waals surface area contributed by atoms with Gasteiger partial charge < -0.3 is 14.5 Å². The van der Waals surface area contributed by atoms with E-state index >= 15 is 0 Å². The highest BCUT2D eigenvalue weighted by atomic mass is 19.1. The van der Waals surface area contributed by atoms with E-state index < -0.39 is 29.5 Å². The Hall–Kier alpha value is -2.94. The lowest BCUT2D eigenvalue weighted by atomic mass is 9.89. The molecule has 4 aliphatic rings. The fourth-order valence-corrected chi connectivity index (χ4v) is 5.90. The molecule has 1 aromatic carbocycles. The maximum absolute atomic E-state index is 13.8. The van der Waals surface area contributed by atoms with Crippen LogP contribution in [0.25, 0.3) is 0 Å². The summed E-state index contributed by atoms with van der Waals surface area (Å²) in [5.74, 6) is -1.57. The zero-order chi connectivity index (χ0) is 22.7. The molecule has 2 amide bonds. The number of amides is 2. The molecule has 9 heteroatoms. The molecule has 1 aromatic heterocycles. The number of ether oxygens (including phenoxy) is 1. The average Bonchev–Trinajstić information content (AvgIpc) is 3.50. The standard InChI is InChI=1S/C24H24F2N4O3/c25-15-10-14(11-16(26)12-15)19-4-5-20-30(19)23(32)24(33-20)6-8-29(9-7-24)22(31)21-17-2-1-3-18(17)27-13-28-21/h10-13,19-20H,1-9H2/t19-,20?/m0/s1. The van der Waals surface area contributed by atoms with Crippen molar-refractivity contribution in [3.05, 3.63) is 58.7 Å². The molecule has 6 rings (SSSR count). The van der Waals surface area contributed by atoms with Gasteiger partial charge in [-0.15, -0.1) is 0 Å². The van der Waals surface area contributed by atoms with E-state index in [0.29, 0.717) is 50.0 Å². The molecule has 0 saturated carbocycles. The van der Waals surface area contributed by atoms with Crippen molar-refractivity contribution >= 4 is 11.8 Å². The smallest absolute Gasteiger partial charge is 0.272 e. The van der Waals surface area contributed by atoms with Crippen LogP contribution in [0.2, 0.25) is 0 Å². The van der Waals surface area contributed by atoms with Gasteiger partial charge in [0.2, 0.25) is 0 Å². The minimum Gasteiger partial charge on any atom is -0.342 e. The Labute approximate surface area is 189 Å². The maximum atomic E-state index is 13.8. The fourth-order valence-electron chi connectivity index (χ4n) is 5.90. The van der Waals surface area contributed by atoms with E-state index in [1.54, 1.807) is 9.80 Å². The van der Waals surface area contributed by atoms with Crippen LogP contribution in [0.1, 0.15) is 65.5 Å². The number of hydrogen-bond donors (Lipinski definition) is 0. The Morgan fingerprint density at radius 2 is 1.82 bits per heavy atom. The van der Waals surface area contributed by atoms with E-state index in [0.717, 1.165) is 36.6 Å². The van der Waals surface area contributed by atoms with Gasteiger partial charge in [-0.1, -0.05) is 0 Å². The van der Waals surface area contributed by atoms with Crippen molar-refractivity contribution in [2.45, 2.75) is 62.8 Å². The molecular formula is C24H24F2N4O3. The van der Waals surface area contributed by atoms with Gasteiger partial charge in [-0.05, 0) is 49.8 Å². The lowest BCUT2D eigenvalue weighted by Gasteiger charge is -2.37. The Kier molecular flexibility index (Phi) is 4.72. The van der Waals surface area contributed by atoms with Crippen LogP contribution in [0.4, 0.5) is 8.78 Å². The number of likely N-dealkylation sites (tertiary alicyclic amines) is 1. The third-order valence-corrected chi connectivity index (χ3v) is 7.52. The van der Waals surface area contributed by atoms with Crippen LogP contribution in [0, 0.1) is 11.6 Å². The van der Waals surface area contributed by atoms with Gasteiger partial charge in [-0.25, -0.2) is 18.7 Å². The molecule has 0 radical (unpaired) electrons. The summed E-state index contributed by atoms with van der Waals surface area (Å²) in [6.07, 6.45) is 5.71. The Morgan fingerprint density at radius 3 is 2.58 bits per heavy atom. The van der Waals surface area contributed by atoms with Gasteiger partial charge >= 0.3 is 0 Å². The number of rotatable bonds is 2. The fraction of sp³-hybridized carbons (Fsp3) is 0.500. The van der Waals surface area contributed by atoms with E-state index in [9.17, 15) is 18.4 Å². The summed E-state index contributed by atoms with van der Waals surface area (Å²) >= 11 is 0. The van der Waals surface area contributed by atoms with Crippen molar-refractivity contribution in [2.75, 3.05) is 13.1 Å². The summed E-state index contributed by atoms with van der Waals surface area (Å²) in [6.45, 7) is 0.784. The number of nitrogens with zero attached hydrogens (tertiary/aromatic N) is 4. The van der Waals surface area contributed by atoms with Crippen LogP contribution in [0.5, 0.6) is 0 Å². The topological polar surface area (TPSA) is 75.6 Å². The quantitative estimate of drug-likeness (QED) is 0.698. The predicted octanol–water partition coefficient (Wildman–Crippen LogP) is 2.94. The largest absolute Gasteiger partial charge is 0.342 e. The molecule has 2 aromatic rings. The molecule has 4 heterocycles. The number of aromatic nitrogens is 2. The average molecular weight is 454 g/mol. The molecular weight excluding hydrogens is 430 g/mol. The Bertz CT molecular complexity index is 1130. The van der Waals surface area contributed by atoms with Gasteiger partial charge in [0.25, 0.3) is 11.8 Å². The number of halogens is 2. The second-order valence-corrected chi connectivity index (χ2v) is 9.37. The number of carbonyl (C=O) groups is 2. The molecule has 0 bridgehead atoms. The van der Waals surface area contributed by atoms with Crippen molar-refractivity contribution < 1.29 is 23.1 Å². The first kappa shape index (κ1) is 20.7. The summed E-state index contributed by atoms with van der Waals surface area (Å²) in [6, 6.07) is 3.00. The van der Waals surface area contributed by atoms with Crippen molar-refractivity contribution in [1.82, 2.24) is 19.8 Å². The molecule has 172 valence electrons. The molecule has 3 aliphatic heterocycles. The number of carbonyl (C=O) groups excluding carboxylic acids is 2. The van der Waals surface area contributed by atoms with Crippen molar-refractivity contribution in [1.29, 1.82) is 0 Å². The first-order valence-corrected chi connectivity index (χ1v) is 11.5. The Balaban J connectivity index is 1.19. The van der Waals surface area contributed by atoms with Gasteiger partial charge in [0.1, 0.15) is 29.9 Å². The zero-order valence-corrected chi connectivity index (χ0v) is 18.1. The van der Waals surface area contributed by atoms with Crippen LogP contribution >= 0.6 is 0 Å². The van der Waals surface area contributed by atoms with Crippen LogP contribution in [0.3, 0.4) is 0 Å². The molecule has 33 heavy (non-hydrogen) atoms. The number of hydrogen-bond acceptors (Lipinski definition) is 5. The summed E-state index contributed by atoms with van der Waals surface area (Å²) < 4.78 is 33.9. The van der Waals surface area contributed by atoms with Gasteiger partial charge in [-0.3, -0.25) is 9.59 Å². The molecule has 7 nitrogen and oxygen atoms in total. The molecule has 1 spiro atoms. The predicted molar refractivity (Wildman–Crippen MR) is 112 cm³/mol. The van der Waals surface area contributed by atoms with E-state index in [1.165, 1.54) is 18.5 Å². The van der Waals surface area contributed by atoms with Crippen molar-refractivity contribution in [2.24, 2.45) is 0 Å². The minimum absolute atomic E-state index is 0.121. The number of aryl methyl sites for hydroxylation is 1. The summed E-state index contributed by atoms with van der Waals surface area (Å²) in [5, 5.41) is 0. The molecule has 1 unspecified atom stereocenters. The molecule has 2 atom stereocenters. The van der Waals surface area contributed by atoms with E-state index in [1.807, 2.05) is 0 Å². The van der Waals surface area contributed by atoms with Gasteiger partial charge in [0.15, 0.2) is 5.60 Å². The molecule has 3 fully saturated rings.